The number of ether oxygens (including phenoxy) is 3. The van der Waals surface area contributed by atoms with Gasteiger partial charge in [0.1, 0.15) is 0 Å². The van der Waals surface area contributed by atoms with E-state index in [4.69, 9.17) is 14.2 Å². The molecular weight excluding hydrogens is 336 g/mol. The number of amides is 2. The molecule has 0 saturated carbocycles. The second kappa shape index (κ2) is 8.75. The number of benzene rings is 2. The average Bonchev–Trinajstić information content (AvgIpc) is 2.66. The molecule has 0 atom stereocenters. The van der Waals surface area contributed by atoms with Gasteiger partial charge in [0.2, 0.25) is 11.7 Å². The third-order valence-corrected chi connectivity index (χ3v) is 3.75. The third-order valence-electron chi connectivity index (χ3n) is 3.75. The van der Waals surface area contributed by atoms with E-state index >= 15 is 0 Å². The Morgan fingerprint density at radius 1 is 0.923 bits per heavy atom. The van der Waals surface area contributed by atoms with Gasteiger partial charge in [-0.25, -0.2) is 0 Å². The Morgan fingerprint density at radius 3 is 1.96 bits per heavy atom. The van der Waals surface area contributed by atoms with Gasteiger partial charge in [-0.15, -0.1) is 0 Å². The number of carbonyl (C=O) groups is 2. The van der Waals surface area contributed by atoms with Crippen LogP contribution in [-0.2, 0) is 11.2 Å². The highest BCUT2D eigenvalue weighted by Crippen LogP contribution is 2.38. The highest BCUT2D eigenvalue weighted by atomic mass is 16.5. The number of hydrogen-bond acceptors (Lipinski definition) is 5. The van der Waals surface area contributed by atoms with Crippen molar-refractivity contribution < 1.29 is 23.8 Å². The summed E-state index contributed by atoms with van der Waals surface area (Å²) in [6.45, 7) is 0. The summed E-state index contributed by atoms with van der Waals surface area (Å²) in [5.41, 5.74) is 1.85. The van der Waals surface area contributed by atoms with Crippen LogP contribution in [0.5, 0.6) is 17.2 Å². The van der Waals surface area contributed by atoms with Crippen LogP contribution in [0.4, 0.5) is 5.69 Å². The first-order chi connectivity index (χ1) is 12.5. The number of nitrogens with one attached hydrogen (secondary N) is 2. The molecule has 0 radical (unpaired) electrons. The number of carbonyl (C=O) groups excluding carboxylic acids is 2. The van der Waals surface area contributed by atoms with Crippen molar-refractivity contribution in [2.75, 3.05) is 33.7 Å². The summed E-state index contributed by atoms with van der Waals surface area (Å²) >= 11 is 0. The quantitative estimate of drug-likeness (QED) is 0.793. The minimum Gasteiger partial charge on any atom is -0.493 e. The van der Waals surface area contributed by atoms with Gasteiger partial charge < -0.3 is 24.8 Å². The summed E-state index contributed by atoms with van der Waals surface area (Å²) in [4.78, 5) is 23.8. The van der Waals surface area contributed by atoms with Gasteiger partial charge in [0.15, 0.2) is 11.5 Å². The number of rotatable bonds is 7. The van der Waals surface area contributed by atoms with Gasteiger partial charge in [0, 0.05) is 18.3 Å². The first kappa shape index (κ1) is 19.1. The molecular formula is C19H22N2O5. The zero-order chi connectivity index (χ0) is 19.1. The lowest BCUT2D eigenvalue weighted by molar-refractivity contribution is -0.115. The molecule has 2 amide bonds. The molecule has 0 aliphatic carbocycles. The van der Waals surface area contributed by atoms with Crippen molar-refractivity contribution in [3.05, 3.63) is 47.5 Å². The van der Waals surface area contributed by atoms with E-state index in [0.29, 0.717) is 28.5 Å². The van der Waals surface area contributed by atoms with Crippen molar-refractivity contribution in [2.24, 2.45) is 0 Å². The highest BCUT2D eigenvalue weighted by Gasteiger charge is 2.15. The van der Waals surface area contributed by atoms with Crippen LogP contribution in [0.2, 0.25) is 0 Å². The first-order valence-electron chi connectivity index (χ1n) is 7.93. The topological polar surface area (TPSA) is 85.9 Å². The zero-order valence-electron chi connectivity index (χ0n) is 15.2. The Balaban J connectivity index is 2.11. The molecule has 7 heteroatoms. The summed E-state index contributed by atoms with van der Waals surface area (Å²) < 4.78 is 15.9. The average molecular weight is 358 g/mol. The van der Waals surface area contributed by atoms with Crippen LogP contribution in [0.1, 0.15) is 15.9 Å². The van der Waals surface area contributed by atoms with Gasteiger partial charge in [-0.05, 0) is 42.0 Å². The van der Waals surface area contributed by atoms with Gasteiger partial charge in [-0.3, -0.25) is 9.59 Å². The smallest absolute Gasteiger partial charge is 0.251 e. The molecule has 2 N–H and O–H groups in total. The van der Waals surface area contributed by atoms with Crippen molar-refractivity contribution in [1.29, 1.82) is 0 Å². The summed E-state index contributed by atoms with van der Waals surface area (Å²) in [6, 6.07) is 10.1. The third kappa shape index (κ3) is 4.44. The fraction of sp³-hybridized carbons (Fsp3) is 0.263. The predicted molar refractivity (Wildman–Crippen MR) is 98.3 cm³/mol. The van der Waals surface area contributed by atoms with Crippen LogP contribution >= 0.6 is 0 Å². The Labute approximate surface area is 152 Å². The van der Waals surface area contributed by atoms with E-state index in [2.05, 4.69) is 10.6 Å². The molecule has 0 fully saturated rings. The standard InChI is InChI=1S/C19H22N2O5/c1-20-19(23)13-5-7-14(8-6-13)21-17(22)11-12-9-15(24-2)18(26-4)16(10-12)25-3/h5-10H,11H2,1-4H3,(H,20,23)(H,21,22). The van der Waals surface area contributed by atoms with Gasteiger partial charge in [0.05, 0.1) is 27.8 Å². The highest BCUT2D eigenvalue weighted by molar-refractivity contribution is 5.96. The van der Waals surface area contributed by atoms with Gasteiger partial charge in [-0.1, -0.05) is 0 Å². The maximum Gasteiger partial charge on any atom is 0.251 e. The Morgan fingerprint density at radius 2 is 1.50 bits per heavy atom. The lowest BCUT2D eigenvalue weighted by atomic mass is 10.1. The lowest BCUT2D eigenvalue weighted by Gasteiger charge is -2.14. The fourth-order valence-corrected chi connectivity index (χ4v) is 2.48. The van der Waals surface area contributed by atoms with E-state index < -0.39 is 0 Å². The monoisotopic (exact) mass is 358 g/mol. The Bertz CT molecular complexity index is 762. The van der Waals surface area contributed by atoms with E-state index in [1.807, 2.05) is 0 Å². The molecule has 0 aliphatic rings. The van der Waals surface area contributed by atoms with Crippen LogP contribution in [0, 0.1) is 0 Å². The molecule has 2 rings (SSSR count). The van der Waals surface area contributed by atoms with E-state index in [1.54, 1.807) is 43.4 Å². The Hall–Kier alpha value is -3.22. The number of methoxy groups -OCH3 is 3. The first-order valence-corrected chi connectivity index (χ1v) is 7.93. The van der Waals surface area contributed by atoms with Crippen molar-refractivity contribution in [1.82, 2.24) is 5.32 Å². The molecule has 0 heterocycles. The number of hydrogen-bond donors (Lipinski definition) is 2. The van der Waals surface area contributed by atoms with Gasteiger partial charge in [0.25, 0.3) is 5.91 Å². The fourth-order valence-electron chi connectivity index (χ4n) is 2.48. The second-order valence-corrected chi connectivity index (χ2v) is 5.42. The molecule has 0 saturated heterocycles. The van der Waals surface area contributed by atoms with Crippen LogP contribution in [0.25, 0.3) is 0 Å². The molecule has 2 aromatic rings. The van der Waals surface area contributed by atoms with Crippen molar-refractivity contribution in [3.63, 3.8) is 0 Å². The normalized spacial score (nSPS) is 10.0. The predicted octanol–water partition coefficient (Wildman–Crippen LogP) is 2.25. The van der Waals surface area contributed by atoms with Crippen molar-refractivity contribution in [3.8, 4) is 17.2 Å². The Kier molecular flexibility index (Phi) is 6.43. The van der Waals surface area contributed by atoms with Crippen LogP contribution in [-0.4, -0.2) is 40.2 Å². The molecule has 0 spiro atoms. The maximum absolute atomic E-state index is 12.3. The van der Waals surface area contributed by atoms with E-state index in [-0.39, 0.29) is 18.2 Å². The molecule has 0 aromatic heterocycles. The van der Waals surface area contributed by atoms with Gasteiger partial charge >= 0.3 is 0 Å². The van der Waals surface area contributed by atoms with E-state index in [1.165, 1.54) is 21.3 Å². The largest absolute Gasteiger partial charge is 0.493 e. The molecule has 7 nitrogen and oxygen atoms in total. The van der Waals surface area contributed by atoms with Crippen molar-refractivity contribution >= 4 is 17.5 Å². The molecule has 0 bridgehead atoms. The molecule has 138 valence electrons. The molecule has 0 aliphatic heterocycles. The summed E-state index contributed by atoms with van der Waals surface area (Å²) in [7, 11) is 6.13. The van der Waals surface area contributed by atoms with Crippen LogP contribution < -0.4 is 24.8 Å². The molecule has 2 aromatic carbocycles. The van der Waals surface area contributed by atoms with E-state index in [9.17, 15) is 9.59 Å². The zero-order valence-corrected chi connectivity index (χ0v) is 15.2. The van der Waals surface area contributed by atoms with E-state index in [0.717, 1.165) is 5.56 Å². The second-order valence-electron chi connectivity index (χ2n) is 5.42. The van der Waals surface area contributed by atoms with Crippen LogP contribution in [0.15, 0.2) is 36.4 Å². The minimum absolute atomic E-state index is 0.133. The lowest BCUT2D eigenvalue weighted by Crippen LogP contribution is -2.18. The summed E-state index contributed by atoms with van der Waals surface area (Å²) in [6.07, 6.45) is 0.133. The maximum atomic E-state index is 12.3. The SMILES string of the molecule is CNC(=O)c1ccc(NC(=O)Cc2cc(OC)c(OC)c(OC)c2)cc1. The van der Waals surface area contributed by atoms with Gasteiger partial charge in [-0.2, -0.15) is 0 Å². The van der Waals surface area contributed by atoms with Crippen LogP contribution in [0.3, 0.4) is 0 Å². The summed E-state index contributed by atoms with van der Waals surface area (Å²) in [5.74, 6) is 1.07. The molecule has 0 unspecified atom stereocenters. The number of anilines is 1. The molecule has 26 heavy (non-hydrogen) atoms. The van der Waals surface area contributed by atoms with Crippen molar-refractivity contribution in [2.45, 2.75) is 6.42 Å². The summed E-state index contributed by atoms with van der Waals surface area (Å²) in [5, 5.41) is 5.34. The minimum atomic E-state index is -0.202.